The lowest BCUT2D eigenvalue weighted by atomic mass is 10.2. The number of hydrogen-bond donors (Lipinski definition) is 1. The second-order valence-corrected chi connectivity index (χ2v) is 7.31. The second-order valence-electron chi connectivity index (χ2n) is 6.88. The Kier molecular flexibility index (Phi) is 5.30. The molecule has 2 heterocycles. The van der Waals surface area contributed by atoms with Crippen LogP contribution in [0.25, 0.3) is 10.9 Å². The van der Waals surface area contributed by atoms with Crippen molar-refractivity contribution in [3.05, 3.63) is 69.7 Å². The van der Waals surface area contributed by atoms with Crippen LogP contribution >= 0.6 is 11.6 Å². The summed E-state index contributed by atoms with van der Waals surface area (Å²) in [4.78, 5) is 36.1. The van der Waals surface area contributed by atoms with E-state index in [4.69, 9.17) is 11.6 Å². The van der Waals surface area contributed by atoms with E-state index in [0.29, 0.717) is 47.7 Å². The fourth-order valence-electron chi connectivity index (χ4n) is 3.52. The topological polar surface area (TPSA) is 69.3 Å². The number of H-pyrrole nitrogens is 1. The van der Waals surface area contributed by atoms with Crippen LogP contribution in [0.4, 0.5) is 5.69 Å². The SMILES string of the molecule is O=C(CCc1nc2ccccc2c(=O)[nH]1)N1CCN(c2cccc(Cl)c2)CC1. The van der Waals surface area contributed by atoms with Gasteiger partial charge in [0.15, 0.2) is 0 Å². The normalized spacial score (nSPS) is 14.5. The molecule has 3 aromatic rings. The number of piperazine rings is 1. The number of aromatic amines is 1. The lowest BCUT2D eigenvalue weighted by molar-refractivity contribution is -0.131. The molecular weight excluding hydrogens is 376 g/mol. The molecule has 1 fully saturated rings. The van der Waals surface area contributed by atoms with Gasteiger partial charge in [-0.15, -0.1) is 0 Å². The van der Waals surface area contributed by atoms with Crippen molar-refractivity contribution in [1.29, 1.82) is 0 Å². The number of nitrogens with zero attached hydrogens (tertiary/aromatic N) is 3. The first kappa shape index (κ1) is 18.5. The highest BCUT2D eigenvalue weighted by molar-refractivity contribution is 6.30. The number of benzene rings is 2. The number of rotatable bonds is 4. The molecular formula is C21H21ClN4O2. The van der Waals surface area contributed by atoms with E-state index in [0.717, 1.165) is 18.8 Å². The number of fused-ring (bicyclic) bond motifs is 1. The van der Waals surface area contributed by atoms with E-state index in [2.05, 4.69) is 14.9 Å². The number of carbonyl (C=O) groups is 1. The maximum atomic E-state index is 12.6. The van der Waals surface area contributed by atoms with Crippen LogP contribution in [0.1, 0.15) is 12.2 Å². The van der Waals surface area contributed by atoms with Gasteiger partial charge in [0.1, 0.15) is 5.82 Å². The molecule has 28 heavy (non-hydrogen) atoms. The molecule has 0 atom stereocenters. The van der Waals surface area contributed by atoms with Gasteiger partial charge in [-0.3, -0.25) is 9.59 Å². The van der Waals surface area contributed by atoms with Crippen molar-refractivity contribution in [3.63, 3.8) is 0 Å². The molecule has 1 amide bonds. The standard InChI is InChI=1S/C21H21ClN4O2/c22-15-4-3-5-16(14-15)25-10-12-26(13-11-25)20(27)9-8-19-23-18-7-2-1-6-17(18)21(28)24-19/h1-7,14H,8-13H2,(H,23,24,28). The zero-order valence-electron chi connectivity index (χ0n) is 15.4. The molecule has 1 aliphatic rings. The van der Waals surface area contributed by atoms with Crippen LogP contribution in [0.2, 0.25) is 5.02 Å². The fourth-order valence-corrected chi connectivity index (χ4v) is 3.71. The van der Waals surface area contributed by atoms with Crippen LogP contribution in [0.5, 0.6) is 0 Å². The van der Waals surface area contributed by atoms with Crippen molar-refractivity contribution in [2.75, 3.05) is 31.1 Å². The quantitative estimate of drug-likeness (QED) is 0.736. The van der Waals surface area contributed by atoms with E-state index in [9.17, 15) is 9.59 Å². The Morgan fingerprint density at radius 3 is 2.64 bits per heavy atom. The van der Waals surface area contributed by atoms with Crippen molar-refractivity contribution < 1.29 is 4.79 Å². The summed E-state index contributed by atoms with van der Waals surface area (Å²) in [7, 11) is 0. The fraction of sp³-hybridized carbons (Fsp3) is 0.286. The van der Waals surface area contributed by atoms with Crippen molar-refractivity contribution in [3.8, 4) is 0 Å². The third kappa shape index (κ3) is 4.02. The lowest BCUT2D eigenvalue weighted by Crippen LogP contribution is -2.48. The van der Waals surface area contributed by atoms with Gasteiger partial charge in [0.05, 0.1) is 10.9 Å². The number of anilines is 1. The highest BCUT2D eigenvalue weighted by Gasteiger charge is 2.21. The maximum absolute atomic E-state index is 12.6. The minimum Gasteiger partial charge on any atom is -0.368 e. The highest BCUT2D eigenvalue weighted by atomic mass is 35.5. The third-order valence-corrected chi connectivity index (χ3v) is 5.28. The number of amides is 1. The van der Waals surface area contributed by atoms with Gasteiger partial charge in [0, 0.05) is 49.7 Å². The molecule has 2 aromatic carbocycles. The van der Waals surface area contributed by atoms with E-state index in [1.54, 1.807) is 6.07 Å². The summed E-state index contributed by atoms with van der Waals surface area (Å²) < 4.78 is 0. The second kappa shape index (κ2) is 8.02. The summed E-state index contributed by atoms with van der Waals surface area (Å²) in [5.74, 6) is 0.635. The Morgan fingerprint density at radius 2 is 1.86 bits per heavy atom. The summed E-state index contributed by atoms with van der Waals surface area (Å²) in [5, 5.41) is 1.28. The van der Waals surface area contributed by atoms with Crippen molar-refractivity contribution in [2.45, 2.75) is 12.8 Å². The molecule has 1 saturated heterocycles. The van der Waals surface area contributed by atoms with Crippen LogP contribution in [-0.4, -0.2) is 47.0 Å². The molecule has 144 valence electrons. The Bertz CT molecular complexity index is 1060. The summed E-state index contributed by atoms with van der Waals surface area (Å²) in [6, 6.07) is 15.0. The number of nitrogens with one attached hydrogen (secondary N) is 1. The molecule has 4 rings (SSSR count). The molecule has 0 bridgehead atoms. The van der Waals surface area contributed by atoms with Crippen molar-refractivity contribution in [2.24, 2.45) is 0 Å². The highest BCUT2D eigenvalue weighted by Crippen LogP contribution is 2.21. The Hall–Kier alpha value is -2.86. The summed E-state index contributed by atoms with van der Waals surface area (Å²) >= 11 is 6.07. The molecule has 0 radical (unpaired) electrons. The minimum absolute atomic E-state index is 0.0848. The Labute approximate surface area is 167 Å². The number of aryl methyl sites for hydroxylation is 1. The molecule has 7 heteroatoms. The van der Waals surface area contributed by atoms with Gasteiger partial charge in [-0.05, 0) is 30.3 Å². The van der Waals surface area contributed by atoms with Gasteiger partial charge < -0.3 is 14.8 Å². The van der Waals surface area contributed by atoms with E-state index in [-0.39, 0.29) is 11.5 Å². The first-order valence-corrected chi connectivity index (χ1v) is 9.74. The lowest BCUT2D eigenvalue weighted by Gasteiger charge is -2.36. The average molecular weight is 397 g/mol. The third-order valence-electron chi connectivity index (χ3n) is 5.04. The number of para-hydroxylation sites is 1. The number of halogens is 1. The summed E-state index contributed by atoms with van der Waals surface area (Å²) in [6.07, 6.45) is 0.756. The van der Waals surface area contributed by atoms with Gasteiger partial charge >= 0.3 is 0 Å². The van der Waals surface area contributed by atoms with Crippen LogP contribution < -0.4 is 10.5 Å². The van der Waals surface area contributed by atoms with E-state index < -0.39 is 0 Å². The molecule has 0 saturated carbocycles. The van der Waals surface area contributed by atoms with E-state index in [1.165, 1.54) is 0 Å². The molecule has 1 aromatic heterocycles. The monoisotopic (exact) mass is 396 g/mol. The Balaban J connectivity index is 1.34. The first-order chi connectivity index (χ1) is 13.6. The van der Waals surface area contributed by atoms with Crippen molar-refractivity contribution >= 4 is 34.1 Å². The Morgan fingerprint density at radius 1 is 1.07 bits per heavy atom. The molecule has 1 aliphatic heterocycles. The van der Waals surface area contributed by atoms with Gasteiger partial charge in [-0.2, -0.15) is 0 Å². The number of hydrogen-bond acceptors (Lipinski definition) is 4. The largest absolute Gasteiger partial charge is 0.368 e. The van der Waals surface area contributed by atoms with E-state index in [1.807, 2.05) is 47.4 Å². The van der Waals surface area contributed by atoms with Gasteiger partial charge in [-0.1, -0.05) is 29.8 Å². The summed E-state index contributed by atoms with van der Waals surface area (Å²) in [6.45, 7) is 2.90. The predicted molar refractivity (Wildman–Crippen MR) is 111 cm³/mol. The van der Waals surface area contributed by atoms with Crippen molar-refractivity contribution in [1.82, 2.24) is 14.9 Å². The predicted octanol–water partition coefficient (Wildman–Crippen LogP) is 2.86. The molecule has 0 aliphatic carbocycles. The van der Waals surface area contributed by atoms with Gasteiger partial charge in [0.25, 0.3) is 5.56 Å². The first-order valence-electron chi connectivity index (χ1n) is 9.36. The smallest absolute Gasteiger partial charge is 0.258 e. The zero-order chi connectivity index (χ0) is 19.5. The summed E-state index contributed by atoms with van der Waals surface area (Å²) in [5.41, 5.74) is 1.57. The number of aromatic nitrogens is 2. The maximum Gasteiger partial charge on any atom is 0.258 e. The van der Waals surface area contributed by atoms with Gasteiger partial charge in [0.2, 0.25) is 5.91 Å². The zero-order valence-corrected chi connectivity index (χ0v) is 16.2. The average Bonchev–Trinajstić information content (AvgIpc) is 2.72. The van der Waals surface area contributed by atoms with E-state index >= 15 is 0 Å². The molecule has 0 unspecified atom stereocenters. The van der Waals surface area contributed by atoms with Crippen LogP contribution in [0.3, 0.4) is 0 Å². The minimum atomic E-state index is -0.164. The molecule has 1 N–H and O–H groups in total. The molecule has 6 nitrogen and oxygen atoms in total. The van der Waals surface area contributed by atoms with Crippen LogP contribution in [-0.2, 0) is 11.2 Å². The van der Waals surface area contributed by atoms with Crippen LogP contribution in [0.15, 0.2) is 53.3 Å². The van der Waals surface area contributed by atoms with Gasteiger partial charge in [-0.25, -0.2) is 4.98 Å². The molecule has 0 spiro atoms. The van der Waals surface area contributed by atoms with Crippen LogP contribution in [0, 0.1) is 0 Å². The number of carbonyl (C=O) groups excluding carboxylic acids is 1.